The van der Waals surface area contributed by atoms with Crippen molar-refractivity contribution in [2.45, 2.75) is 0 Å². The third kappa shape index (κ3) is 3.51. The molecule has 1 saturated heterocycles. The first-order chi connectivity index (χ1) is 12.0. The summed E-state index contributed by atoms with van der Waals surface area (Å²) < 4.78 is 11.0. The molecule has 0 N–H and O–H groups in total. The number of thioether (sulfide) groups is 1. The zero-order chi connectivity index (χ0) is 18.0. The standard InChI is InChI=1S/C18H14ClNO3S2/c1-22-12-7-8-14(15(10-12)23-2)20-17(21)16(25-18(20)24)9-11-5-3-4-6-13(11)19/h3-10H,1-2H3. The van der Waals surface area contributed by atoms with Gasteiger partial charge in [-0.05, 0) is 29.8 Å². The summed E-state index contributed by atoms with van der Waals surface area (Å²) in [4.78, 5) is 14.8. The van der Waals surface area contributed by atoms with Crippen LogP contribution in [0.4, 0.5) is 5.69 Å². The smallest absolute Gasteiger partial charge is 0.270 e. The molecular formula is C18H14ClNO3S2. The lowest BCUT2D eigenvalue weighted by molar-refractivity contribution is -0.113. The van der Waals surface area contributed by atoms with Crippen LogP contribution in [-0.4, -0.2) is 24.4 Å². The first-order valence-corrected chi connectivity index (χ1v) is 8.90. The van der Waals surface area contributed by atoms with Gasteiger partial charge in [0, 0.05) is 11.1 Å². The van der Waals surface area contributed by atoms with E-state index in [1.807, 2.05) is 18.2 Å². The van der Waals surface area contributed by atoms with Crippen molar-refractivity contribution >= 4 is 57.6 Å². The average Bonchev–Trinajstić information content (AvgIpc) is 2.90. The predicted molar refractivity (Wildman–Crippen MR) is 107 cm³/mol. The van der Waals surface area contributed by atoms with Crippen molar-refractivity contribution in [1.82, 2.24) is 0 Å². The molecular weight excluding hydrogens is 378 g/mol. The summed E-state index contributed by atoms with van der Waals surface area (Å²) in [5.41, 5.74) is 1.35. The van der Waals surface area contributed by atoms with Crippen LogP contribution < -0.4 is 14.4 Å². The van der Waals surface area contributed by atoms with Gasteiger partial charge < -0.3 is 9.47 Å². The zero-order valence-electron chi connectivity index (χ0n) is 13.5. The summed E-state index contributed by atoms with van der Waals surface area (Å²) in [7, 11) is 3.11. The minimum absolute atomic E-state index is 0.210. The van der Waals surface area contributed by atoms with Crippen LogP contribution in [0.25, 0.3) is 6.08 Å². The maximum atomic E-state index is 12.9. The van der Waals surface area contributed by atoms with Crippen molar-refractivity contribution in [3.63, 3.8) is 0 Å². The van der Waals surface area contributed by atoms with Crippen LogP contribution in [0.15, 0.2) is 47.4 Å². The van der Waals surface area contributed by atoms with Crippen LogP contribution in [0.1, 0.15) is 5.56 Å². The second-order valence-electron chi connectivity index (χ2n) is 5.08. The third-order valence-corrected chi connectivity index (χ3v) is 5.26. The zero-order valence-corrected chi connectivity index (χ0v) is 15.9. The van der Waals surface area contributed by atoms with E-state index in [1.165, 1.54) is 23.8 Å². The number of ether oxygens (including phenoxy) is 2. The highest BCUT2D eigenvalue weighted by atomic mass is 35.5. The molecule has 1 aliphatic heterocycles. The summed E-state index contributed by atoms with van der Waals surface area (Å²) in [6.07, 6.45) is 1.75. The van der Waals surface area contributed by atoms with E-state index >= 15 is 0 Å². The van der Waals surface area contributed by atoms with Gasteiger partial charge >= 0.3 is 0 Å². The minimum Gasteiger partial charge on any atom is -0.497 e. The molecule has 0 bridgehead atoms. The largest absolute Gasteiger partial charge is 0.497 e. The Morgan fingerprint density at radius 3 is 2.60 bits per heavy atom. The molecule has 0 radical (unpaired) electrons. The van der Waals surface area contributed by atoms with E-state index in [-0.39, 0.29) is 5.91 Å². The molecule has 0 aromatic heterocycles. The molecule has 2 aromatic carbocycles. The topological polar surface area (TPSA) is 38.8 Å². The van der Waals surface area contributed by atoms with Crippen molar-refractivity contribution in [2.24, 2.45) is 0 Å². The maximum Gasteiger partial charge on any atom is 0.270 e. The molecule has 25 heavy (non-hydrogen) atoms. The van der Waals surface area contributed by atoms with Crippen LogP contribution in [0.3, 0.4) is 0 Å². The highest BCUT2D eigenvalue weighted by Gasteiger charge is 2.35. The van der Waals surface area contributed by atoms with E-state index in [0.717, 1.165) is 5.56 Å². The van der Waals surface area contributed by atoms with Gasteiger partial charge in [-0.2, -0.15) is 0 Å². The molecule has 7 heteroatoms. The van der Waals surface area contributed by atoms with Crippen molar-refractivity contribution in [2.75, 3.05) is 19.1 Å². The lowest BCUT2D eigenvalue weighted by atomic mass is 10.2. The number of amides is 1. The van der Waals surface area contributed by atoms with E-state index < -0.39 is 0 Å². The molecule has 128 valence electrons. The van der Waals surface area contributed by atoms with Gasteiger partial charge in [0.25, 0.3) is 5.91 Å². The second-order valence-corrected chi connectivity index (χ2v) is 7.16. The number of hydrogen-bond donors (Lipinski definition) is 0. The van der Waals surface area contributed by atoms with Crippen molar-refractivity contribution in [3.8, 4) is 11.5 Å². The van der Waals surface area contributed by atoms with Gasteiger partial charge in [0.15, 0.2) is 4.32 Å². The van der Waals surface area contributed by atoms with Crippen LogP contribution in [0.2, 0.25) is 5.02 Å². The first-order valence-electron chi connectivity index (χ1n) is 7.29. The number of carbonyl (C=O) groups excluding carboxylic acids is 1. The maximum absolute atomic E-state index is 12.9. The van der Waals surface area contributed by atoms with Crippen LogP contribution >= 0.6 is 35.6 Å². The fraction of sp³-hybridized carbons (Fsp3) is 0.111. The van der Waals surface area contributed by atoms with Crippen LogP contribution in [-0.2, 0) is 4.79 Å². The van der Waals surface area contributed by atoms with E-state index in [4.69, 9.17) is 33.3 Å². The Morgan fingerprint density at radius 2 is 1.92 bits per heavy atom. The molecule has 0 atom stereocenters. The van der Waals surface area contributed by atoms with Gasteiger partial charge in [-0.3, -0.25) is 9.69 Å². The molecule has 1 fully saturated rings. The Morgan fingerprint density at radius 1 is 1.16 bits per heavy atom. The molecule has 1 heterocycles. The predicted octanol–water partition coefficient (Wildman–Crippen LogP) is 4.76. The molecule has 3 rings (SSSR count). The number of anilines is 1. The van der Waals surface area contributed by atoms with Gasteiger partial charge in [0.2, 0.25) is 0 Å². The van der Waals surface area contributed by atoms with E-state index in [0.29, 0.717) is 31.4 Å². The third-order valence-electron chi connectivity index (χ3n) is 3.61. The second kappa shape index (κ2) is 7.47. The van der Waals surface area contributed by atoms with Gasteiger partial charge in [-0.25, -0.2) is 0 Å². The Kier molecular flexibility index (Phi) is 5.32. The van der Waals surface area contributed by atoms with E-state index in [1.54, 1.807) is 37.5 Å². The number of carbonyl (C=O) groups is 1. The normalized spacial score (nSPS) is 15.8. The molecule has 0 spiro atoms. The van der Waals surface area contributed by atoms with E-state index in [9.17, 15) is 4.79 Å². The van der Waals surface area contributed by atoms with Crippen molar-refractivity contribution < 1.29 is 14.3 Å². The van der Waals surface area contributed by atoms with Crippen molar-refractivity contribution in [1.29, 1.82) is 0 Å². The molecule has 1 aliphatic rings. The number of benzene rings is 2. The average molecular weight is 392 g/mol. The highest BCUT2D eigenvalue weighted by molar-refractivity contribution is 8.27. The van der Waals surface area contributed by atoms with Crippen LogP contribution in [0, 0.1) is 0 Å². The summed E-state index contributed by atoms with van der Waals surface area (Å²) in [5.74, 6) is 0.936. The number of halogens is 1. The van der Waals surface area contributed by atoms with Gasteiger partial charge in [-0.1, -0.05) is 53.8 Å². The quantitative estimate of drug-likeness (QED) is 0.554. The SMILES string of the molecule is COc1ccc(N2C(=O)C(=Cc3ccccc3Cl)SC2=S)c(OC)c1. The van der Waals surface area contributed by atoms with E-state index in [2.05, 4.69) is 0 Å². The number of rotatable bonds is 4. The first kappa shape index (κ1) is 17.8. The fourth-order valence-corrected chi connectivity index (χ4v) is 3.84. The van der Waals surface area contributed by atoms with Gasteiger partial charge in [-0.15, -0.1) is 0 Å². The summed E-state index contributed by atoms with van der Waals surface area (Å²) in [6.45, 7) is 0. The Balaban J connectivity index is 1.99. The highest BCUT2D eigenvalue weighted by Crippen LogP contribution is 2.41. The number of thiocarbonyl (C=S) groups is 1. The minimum atomic E-state index is -0.210. The molecule has 0 aliphatic carbocycles. The molecule has 2 aromatic rings. The summed E-state index contributed by atoms with van der Waals surface area (Å²) >= 11 is 12.8. The molecule has 0 saturated carbocycles. The van der Waals surface area contributed by atoms with Gasteiger partial charge in [0.05, 0.1) is 24.8 Å². The molecule has 1 amide bonds. The molecule has 0 unspecified atom stereocenters. The monoisotopic (exact) mass is 391 g/mol. The number of hydrogen-bond acceptors (Lipinski definition) is 5. The van der Waals surface area contributed by atoms with Gasteiger partial charge in [0.1, 0.15) is 11.5 Å². The Labute approximate surface area is 160 Å². The lowest BCUT2D eigenvalue weighted by Gasteiger charge is -2.18. The number of nitrogens with zero attached hydrogens (tertiary/aromatic N) is 1. The summed E-state index contributed by atoms with van der Waals surface area (Å²) in [6, 6.07) is 12.6. The number of methoxy groups -OCH3 is 2. The fourth-order valence-electron chi connectivity index (χ4n) is 2.38. The molecule has 4 nitrogen and oxygen atoms in total. The van der Waals surface area contributed by atoms with Crippen molar-refractivity contribution in [3.05, 3.63) is 58.0 Å². The lowest BCUT2D eigenvalue weighted by Crippen LogP contribution is -2.27. The summed E-state index contributed by atoms with van der Waals surface area (Å²) in [5, 5.41) is 0.579. The Bertz CT molecular complexity index is 882. The Hall–Kier alpha value is -2.02. The van der Waals surface area contributed by atoms with Crippen LogP contribution in [0.5, 0.6) is 11.5 Å².